The van der Waals surface area contributed by atoms with Gasteiger partial charge in [0.1, 0.15) is 24.8 Å². The van der Waals surface area contributed by atoms with Gasteiger partial charge in [0, 0.05) is 24.7 Å². The summed E-state index contributed by atoms with van der Waals surface area (Å²) in [7, 11) is 0. The van der Waals surface area contributed by atoms with Crippen molar-refractivity contribution in [2.75, 3.05) is 26.3 Å². The molecular weight excluding hydrogens is 597 g/mol. The molecule has 1 amide bonds. The highest BCUT2D eigenvalue weighted by molar-refractivity contribution is 6.42. The van der Waals surface area contributed by atoms with Crippen molar-refractivity contribution in [3.05, 3.63) is 97.2 Å². The van der Waals surface area contributed by atoms with Crippen LogP contribution in [0.4, 0.5) is 4.39 Å². The number of ether oxygens (including phenoxy) is 2. The van der Waals surface area contributed by atoms with E-state index in [9.17, 15) is 9.18 Å². The van der Waals surface area contributed by atoms with Crippen molar-refractivity contribution in [3.8, 4) is 11.5 Å². The van der Waals surface area contributed by atoms with Crippen molar-refractivity contribution in [1.29, 1.82) is 0 Å². The lowest BCUT2D eigenvalue weighted by atomic mass is 9.93. The van der Waals surface area contributed by atoms with Gasteiger partial charge in [0.2, 0.25) is 0 Å². The zero-order valence-corrected chi connectivity index (χ0v) is 24.5. The van der Waals surface area contributed by atoms with Crippen molar-refractivity contribution >= 4 is 57.9 Å². The smallest absolute Gasteiger partial charge is 0.251 e. The molecule has 1 aliphatic heterocycles. The first kappa shape index (κ1) is 29.0. The molecule has 1 heterocycles. The topological polar surface area (TPSA) is 50.8 Å². The number of amides is 1. The molecule has 1 N–H and O–H groups in total. The van der Waals surface area contributed by atoms with Crippen LogP contribution in [-0.2, 0) is 11.3 Å². The van der Waals surface area contributed by atoms with Gasteiger partial charge in [-0.25, -0.2) is 4.39 Å². The lowest BCUT2D eigenvalue weighted by Crippen LogP contribution is -2.39. The van der Waals surface area contributed by atoms with Crippen LogP contribution in [0, 0.1) is 5.82 Å². The highest BCUT2D eigenvalue weighted by Crippen LogP contribution is 2.36. The summed E-state index contributed by atoms with van der Waals surface area (Å²) in [6, 6.07) is 15.7. The summed E-state index contributed by atoms with van der Waals surface area (Å²) in [4.78, 5) is 15.8. The molecule has 10 heteroatoms. The largest absolute Gasteiger partial charge is 0.490 e. The number of carbonyl (C=O) groups is 1. The van der Waals surface area contributed by atoms with Gasteiger partial charge in [0.05, 0.1) is 20.1 Å². The molecule has 1 aliphatic carbocycles. The number of benzene rings is 3. The Labute approximate surface area is 252 Å². The molecule has 210 valence electrons. The van der Waals surface area contributed by atoms with Crippen molar-refractivity contribution in [2.45, 2.75) is 31.8 Å². The van der Waals surface area contributed by atoms with Crippen LogP contribution >= 0.6 is 46.4 Å². The predicted molar refractivity (Wildman–Crippen MR) is 158 cm³/mol. The van der Waals surface area contributed by atoms with E-state index in [2.05, 4.69) is 5.32 Å². The second kappa shape index (κ2) is 13.0. The van der Waals surface area contributed by atoms with Gasteiger partial charge in [-0.2, -0.15) is 0 Å². The third-order valence-electron chi connectivity index (χ3n) is 6.86. The van der Waals surface area contributed by atoms with Gasteiger partial charge < -0.3 is 19.7 Å². The van der Waals surface area contributed by atoms with Gasteiger partial charge in [-0.3, -0.25) is 4.79 Å². The lowest BCUT2D eigenvalue weighted by Gasteiger charge is -2.28. The molecule has 3 aromatic rings. The summed E-state index contributed by atoms with van der Waals surface area (Å²) >= 11 is 24.7. The molecule has 0 bridgehead atoms. The van der Waals surface area contributed by atoms with Crippen molar-refractivity contribution in [2.24, 2.45) is 0 Å². The Morgan fingerprint density at radius 3 is 2.35 bits per heavy atom. The Morgan fingerprint density at radius 1 is 0.950 bits per heavy atom. The van der Waals surface area contributed by atoms with Gasteiger partial charge in [0.25, 0.3) is 5.91 Å². The van der Waals surface area contributed by atoms with Crippen molar-refractivity contribution in [3.63, 3.8) is 0 Å². The molecule has 0 aromatic heterocycles. The van der Waals surface area contributed by atoms with Crippen LogP contribution < -0.4 is 14.8 Å². The second-order valence-corrected chi connectivity index (χ2v) is 11.3. The fraction of sp³-hybridized carbons (Fsp3) is 0.300. The first-order valence-corrected chi connectivity index (χ1v) is 14.5. The van der Waals surface area contributed by atoms with E-state index >= 15 is 0 Å². The summed E-state index contributed by atoms with van der Waals surface area (Å²) in [5.41, 5.74) is 3.62. The van der Waals surface area contributed by atoms with Gasteiger partial charge in [0.15, 0.2) is 5.75 Å². The van der Waals surface area contributed by atoms with E-state index in [-0.39, 0.29) is 41.0 Å². The summed E-state index contributed by atoms with van der Waals surface area (Å²) in [6.07, 6.45) is 2.70. The predicted octanol–water partition coefficient (Wildman–Crippen LogP) is 7.84. The molecular formula is C30H27Cl4FN2O3. The average Bonchev–Trinajstić information content (AvgIpc) is 3.78. The van der Waals surface area contributed by atoms with Gasteiger partial charge in [-0.05, 0) is 72.8 Å². The van der Waals surface area contributed by atoms with E-state index in [0.717, 1.165) is 60.2 Å². The third kappa shape index (κ3) is 6.87. The summed E-state index contributed by atoms with van der Waals surface area (Å²) in [6.45, 7) is 2.13. The molecule has 0 unspecified atom stereocenters. The first-order valence-electron chi connectivity index (χ1n) is 13.0. The number of halogens is 5. The zero-order chi connectivity index (χ0) is 28.2. The molecule has 40 heavy (non-hydrogen) atoms. The molecule has 3 aromatic carbocycles. The van der Waals surface area contributed by atoms with Crippen LogP contribution in [0.3, 0.4) is 0 Å². The molecule has 0 atom stereocenters. The number of nitrogens with one attached hydrogen (secondary N) is 1. The molecule has 1 saturated carbocycles. The minimum absolute atomic E-state index is 0.0244. The number of hydrogen-bond donors (Lipinski definition) is 1. The lowest BCUT2D eigenvalue weighted by molar-refractivity contribution is -0.128. The Morgan fingerprint density at radius 2 is 1.65 bits per heavy atom. The minimum Gasteiger partial charge on any atom is -0.490 e. The Kier molecular flexibility index (Phi) is 9.44. The normalized spacial score (nSPS) is 15.2. The molecule has 1 fully saturated rings. The van der Waals surface area contributed by atoms with E-state index in [1.807, 2.05) is 41.3 Å². The maximum absolute atomic E-state index is 13.9. The van der Waals surface area contributed by atoms with Crippen LogP contribution in [-0.4, -0.2) is 43.2 Å². The molecule has 2 aliphatic rings. The second-order valence-electron chi connectivity index (χ2n) is 9.68. The first-order chi connectivity index (χ1) is 19.3. The van der Waals surface area contributed by atoms with Crippen LogP contribution in [0.1, 0.15) is 30.4 Å². The van der Waals surface area contributed by atoms with Crippen LogP contribution in [0.2, 0.25) is 20.1 Å². The molecule has 5 nitrogen and oxygen atoms in total. The van der Waals surface area contributed by atoms with E-state index in [1.54, 1.807) is 6.07 Å². The Bertz CT molecular complexity index is 1400. The van der Waals surface area contributed by atoms with Gasteiger partial charge in [-0.1, -0.05) is 70.7 Å². The van der Waals surface area contributed by atoms with Gasteiger partial charge >= 0.3 is 0 Å². The minimum atomic E-state index is -0.529. The van der Waals surface area contributed by atoms with E-state index < -0.39 is 5.82 Å². The quantitative estimate of drug-likeness (QED) is 0.234. The molecule has 0 spiro atoms. The highest BCUT2D eigenvalue weighted by atomic mass is 35.5. The zero-order valence-electron chi connectivity index (χ0n) is 21.5. The van der Waals surface area contributed by atoms with Crippen molar-refractivity contribution < 1.29 is 18.7 Å². The standard InChI is InChI=1S/C30H27Cl4FN2O3/c31-25-3-1-2-19(28(25)34)17-37(21-6-7-21)30(38)24-16-36-11-10-23(24)18-4-8-22(9-5-18)39-12-13-40-29-26(32)14-20(35)15-27(29)33/h1-5,8-9,14-15,21,36H,6-7,10-13,16-17H2. The average molecular weight is 624 g/mol. The Hall–Kier alpha value is -2.48. The fourth-order valence-electron chi connectivity index (χ4n) is 4.71. The summed E-state index contributed by atoms with van der Waals surface area (Å²) in [5.74, 6) is 0.368. The van der Waals surface area contributed by atoms with Crippen molar-refractivity contribution in [1.82, 2.24) is 10.2 Å². The SMILES string of the molecule is O=C(C1=C(c2ccc(OCCOc3c(Cl)cc(F)cc3Cl)cc2)CCNC1)N(Cc1cccc(Cl)c1Cl)C1CC1. The molecule has 0 saturated heterocycles. The Balaban J connectivity index is 1.26. The third-order valence-corrected chi connectivity index (χ3v) is 8.28. The summed E-state index contributed by atoms with van der Waals surface area (Å²) < 4.78 is 24.7. The maximum Gasteiger partial charge on any atom is 0.251 e. The number of hydrogen-bond acceptors (Lipinski definition) is 4. The fourth-order valence-corrected chi connectivity index (χ4v) is 5.66. The van der Waals surface area contributed by atoms with E-state index in [1.165, 1.54) is 0 Å². The number of nitrogens with zero attached hydrogens (tertiary/aromatic N) is 1. The monoisotopic (exact) mass is 622 g/mol. The van der Waals surface area contributed by atoms with Crippen LogP contribution in [0.15, 0.2) is 60.2 Å². The molecule has 5 rings (SSSR count). The van der Waals surface area contributed by atoms with Gasteiger partial charge in [-0.15, -0.1) is 0 Å². The van der Waals surface area contributed by atoms with E-state index in [4.69, 9.17) is 55.9 Å². The highest BCUT2D eigenvalue weighted by Gasteiger charge is 2.35. The van der Waals surface area contributed by atoms with Crippen LogP contribution in [0.25, 0.3) is 5.57 Å². The maximum atomic E-state index is 13.9. The summed E-state index contributed by atoms with van der Waals surface area (Å²) in [5, 5.41) is 4.53. The molecule has 0 radical (unpaired) electrons. The van der Waals surface area contributed by atoms with E-state index in [0.29, 0.717) is 28.9 Å². The number of rotatable bonds is 10. The van der Waals surface area contributed by atoms with Crippen LogP contribution in [0.5, 0.6) is 11.5 Å². The number of carbonyl (C=O) groups excluding carboxylic acids is 1.